The molecule has 5 aliphatic carbocycles. The van der Waals surface area contributed by atoms with Crippen molar-refractivity contribution in [3.05, 3.63) is 35.4 Å². The summed E-state index contributed by atoms with van der Waals surface area (Å²) >= 11 is 0. The van der Waals surface area contributed by atoms with Crippen LogP contribution < -0.4 is 0 Å². The van der Waals surface area contributed by atoms with E-state index in [1.54, 1.807) is 0 Å². The van der Waals surface area contributed by atoms with E-state index < -0.39 is 11.3 Å². The molecule has 1 aromatic carbocycles. The Kier molecular flexibility index (Phi) is 3.21. The number of hydrogen-bond acceptors (Lipinski definition) is 3. The predicted octanol–water partition coefficient (Wildman–Crippen LogP) is 4.53. The fourth-order valence-electron chi connectivity index (χ4n) is 7.15. The van der Waals surface area contributed by atoms with Gasteiger partial charge in [-0.15, -0.1) is 0 Å². The number of nitriles is 2. The molecule has 3 heteroatoms. The molecule has 0 saturated heterocycles. The average Bonchev–Trinajstić information content (AvgIpc) is 3.29. The summed E-state index contributed by atoms with van der Waals surface area (Å²) in [5, 5.41) is 19.7. The summed E-state index contributed by atoms with van der Waals surface area (Å²) < 4.78 is 0. The van der Waals surface area contributed by atoms with Gasteiger partial charge in [-0.05, 0) is 74.3 Å². The van der Waals surface area contributed by atoms with Crippen molar-refractivity contribution in [2.24, 2.45) is 34.5 Å². The Bertz CT molecular complexity index is 822. The zero-order chi connectivity index (χ0) is 18.1. The first-order chi connectivity index (χ1) is 12.5. The lowest BCUT2D eigenvalue weighted by Crippen LogP contribution is -2.50. The Hall–Kier alpha value is -2.13. The second kappa shape index (κ2) is 5.20. The average molecular weight is 344 g/mol. The van der Waals surface area contributed by atoms with Crippen LogP contribution in [0.2, 0.25) is 0 Å². The highest BCUT2D eigenvalue weighted by Gasteiger charge is 2.73. The van der Waals surface area contributed by atoms with E-state index in [0.717, 1.165) is 30.4 Å². The van der Waals surface area contributed by atoms with Crippen LogP contribution in [-0.2, 0) is 4.79 Å². The van der Waals surface area contributed by atoms with Crippen LogP contribution in [0.25, 0.3) is 0 Å². The van der Waals surface area contributed by atoms with Crippen LogP contribution in [0.5, 0.6) is 0 Å². The molecular formula is C23H24N2O. The molecular weight excluding hydrogens is 320 g/mol. The van der Waals surface area contributed by atoms with Crippen molar-refractivity contribution >= 4 is 5.78 Å². The largest absolute Gasteiger partial charge is 0.299 e. The fourth-order valence-corrected chi connectivity index (χ4v) is 7.15. The van der Waals surface area contributed by atoms with Crippen molar-refractivity contribution in [3.63, 3.8) is 0 Å². The Labute approximate surface area is 155 Å². The molecule has 1 unspecified atom stereocenters. The van der Waals surface area contributed by atoms with Crippen molar-refractivity contribution in [3.8, 4) is 12.1 Å². The standard InChI is InChI=1S/C23H24N2O/c1-14-4-2-3-5-18(14)19-20(23(19,12-24)13-25)21(26)22-9-15-6-16(10-22)8-17(7-15)11-22/h2-5,15-17,19-20H,6-11H2,1H3/t15?,16?,17?,19?,20-,22?/m1/s1. The lowest BCUT2D eigenvalue weighted by atomic mass is 9.48. The van der Waals surface area contributed by atoms with E-state index >= 15 is 0 Å². The molecule has 0 amide bonds. The lowest BCUT2D eigenvalue weighted by Gasteiger charge is -2.56. The number of benzene rings is 1. The van der Waals surface area contributed by atoms with Gasteiger partial charge in [0.05, 0.1) is 18.1 Å². The first kappa shape index (κ1) is 16.1. The van der Waals surface area contributed by atoms with Gasteiger partial charge in [0, 0.05) is 11.3 Å². The highest BCUT2D eigenvalue weighted by molar-refractivity contribution is 5.94. The Morgan fingerprint density at radius 3 is 2.04 bits per heavy atom. The number of rotatable bonds is 3. The predicted molar refractivity (Wildman–Crippen MR) is 96.7 cm³/mol. The minimum Gasteiger partial charge on any atom is -0.299 e. The van der Waals surface area contributed by atoms with E-state index in [1.807, 2.05) is 31.2 Å². The second-order valence-electron chi connectivity index (χ2n) is 9.47. The molecule has 26 heavy (non-hydrogen) atoms. The zero-order valence-corrected chi connectivity index (χ0v) is 15.2. The van der Waals surface area contributed by atoms with Crippen molar-refractivity contribution < 1.29 is 4.79 Å². The summed E-state index contributed by atoms with van der Waals surface area (Å²) in [4.78, 5) is 13.8. The smallest absolute Gasteiger partial charge is 0.161 e. The summed E-state index contributed by atoms with van der Waals surface area (Å²) in [5.74, 6) is 1.64. The molecule has 5 fully saturated rings. The van der Waals surface area contributed by atoms with Gasteiger partial charge < -0.3 is 0 Å². The van der Waals surface area contributed by atoms with E-state index in [2.05, 4.69) is 12.1 Å². The van der Waals surface area contributed by atoms with E-state index in [9.17, 15) is 15.3 Å². The first-order valence-corrected chi connectivity index (χ1v) is 9.95. The number of carbonyl (C=O) groups excluding carboxylic acids is 1. The molecule has 2 atom stereocenters. The van der Waals surface area contributed by atoms with Gasteiger partial charge in [-0.25, -0.2) is 0 Å². The van der Waals surface area contributed by atoms with Gasteiger partial charge in [0.15, 0.2) is 5.41 Å². The minimum atomic E-state index is -1.16. The SMILES string of the molecule is Cc1ccccc1C1[C@H](C(=O)C23CC4CC(CC(C4)C2)C3)C1(C#N)C#N. The number of hydrogen-bond donors (Lipinski definition) is 0. The van der Waals surface area contributed by atoms with Crippen LogP contribution in [-0.4, -0.2) is 5.78 Å². The number of ketones is 1. The Morgan fingerprint density at radius 2 is 1.54 bits per heavy atom. The number of nitrogens with zero attached hydrogens (tertiary/aromatic N) is 2. The van der Waals surface area contributed by atoms with Gasteiger partial charge in [0.2, 0.25) is 0 Å². The van der Waals surface area contributed by atoms with Crippen LogP contribution in [0.3, 0.4) is 0 Å². The Morgan fingerprint density at radius 1 is 1.00 bits per heavy atom. The third kappa shape index (κ3) is 1.95. The normalized spacial score (nSPS) is 41.3. The van der Waals surface area contributed by atoms with Crippen molar-refractivity contribution in [2.45, 2.75) is 51.4 Å². The molecule has 132 valence electrons. The van der Waals surface area contributed by atoms with E-state index in [4.69, 9.17) is 0 Å². The molecule has 0 aliphatic heterocycles. The van der Waals surface area contributed by atoms with Crippen LogP contribution in [0.1, 0.15) is 55.6 Å². The maximum Gasteiger partial charge on any atom is 0.161 e. The molecule has 1 aromatic rings. The van der Waals surface area contributed by atoms with Crippen molar-refractivity contribution in [1.29, 1.82) is 10.5 Å². The fraction of sp³-hybridized carbons (Fsp3) is 0.609. The van der Waals surface area contributed by atoms with Crippen LogP contribution in [0.15, 0.2) is 24.3 Å². The van der Waals surface area contributed by atoms with Crippen molar-refractivity contribution in [1.82, 2.24) is 0 Å². The van der Waals surface area contributed by atoms with Gasteiger partial charge in [0.25, 0.3) is 0 Å². The summed E-state index contributed by atoms with van der Waals surface area (Å²) in [6.45, 7) is 2.01. The zero-order valence-electron chi connectivity index (χ0n) is 15.2. The van der Waals surface area contributed by atoms with E-state index in [1.165, 1.54) is 19.3 Å². The van der Waals surface area contributed by atoms with Crippen LogP contribution in [0, 0.1) is 64.1 Å². The molecule has 0 N–H and O–H groups in total. The minimum absolute atomic E-state index is 0.240. The molecule has 0 aromatic heterocycles. The molecule has 0 radical (unpaired) electrons. The highest BCUT2D eigenvalue weighted by Crippen LogP contribution is 2.70. The first-order valence-electron chi connectivity index (χ1n) is 9.95. The third-order valence-corrected chi connectivity index (χ3v) is 7.94. The molecule has 5 saturated carbocycles. The maximum atomic E-state index is 13.8. The van der Waals surface area contributed by atoms with Crippen LogP contribution in [0.4, 0.5) is 0 Å². The van der Waals surface area contributed by atoms with Gasteiger partial charge in [-0.1, -0.05) is 24.3 Å². The quantitative estimate of drug-likeness (QED) is 0.809. The molecule has 5 aliphatic rings. The topological polar surface area (TPSA) is 64.7 Å². The van der Waals surface area contributed by atoms with Gasteiger partial charge >= 0.3 is 0 Å². The molecule has 4 bridgehead atoms. The number of aryl methyl sites for hydroxylation is 1. The molecule has 0 heterocycles. The number of Topliss-reactive ketones (excluding diaryl/α,β-unsaturated/α-hetero) is 1. The van der Waals surface area contributed by atoms with Gasteiger partial charge in [-0.3, -0.25) is 4.79 Å². The Balaban J connectivity index is 1.53. The molecule has 0 spiro atoms. The summed E-state index contributed by atoms with van der Waals surface area (Å²) in [6.07, 6.45) is 6.88. The summed E-state index contributed by atoms with van der Waals surface area (Å²) in [7, 11) is 0. The lowest BCUT2D eigenvalue weighted by molar-refractivity contribution is -0.145. The maximum absolute atomic E-state index is 13.8. The van der Waals surface area contributed by atoms with Crippen molar-refractivity contribution in [2.75, 3.05) is 0 Å². The second-order valence-corrected chi connectivity index (χ2v) is 9.47. The number of carbonyl (C=O) groups is 1. The van der Waals surface area contributed by atoms with Gasteiger partial charge in [0.1, 0.15) is 5.78 Å². The summed E-state index contributed by atoms with van der Waals surface area (Å²) in [5.41, 5.74) is 0.689. The summed E-state index contributed by atoms with van der Waals surface area (Å²) in [6, 6.07) is 12.4. The van der Waals surface area contributed by atoms with E-state index in [0.29, 0.717) is 17.8 Å². The molecule has 3 nitrogen and oxygen atoms in total. The van der Waals surface area contributed by atoms with Gasteiger partial charge in [-0.2, -0.15) is 10.5 Å². The van der Waals surface area contributed by atoms with Crippen LogP contribution >= 0.6 is 0 Å². The monoisotopic (exact) mass is 344 g/mol. The highest BCUT2D eigenvalue weighted by atomic mass is 16.1. The molecule has 6 rings (SSSR count). The third-order valence-electron chi connectivity index (χ3n) is 7.94. The van der Waals surface area contributed by atoms with E-state index in [-0.39, 0.29) is 17.1 Å².